The molecular weight excluding hydrogens is 467 g/mol. The quantitative estimate of drug-likeness (QED) is 0.593. The van der Waals surface area contributed by atoms with Gasteiger partial charge in [-0.25, -0.2) is 4.39 Å². The minimum Gasteiger partial charge on any atom is -0.342 e. The zero-order valence-corrected chi connectivity index (χ0v) is 20.6. The molecule has 35 heavy (non-hydrogen) atoms. The lowest BCUT2D eigenvalue weighted by Gasteiger charge is -2.36. The Kier molecular flexibility index (Phi) is 8.76. The van der Waals surface area contributed by atoms with E-state index in [4.69, 9.17) is 0 Å². The van der Waals surface area contributed by atoms with E-state index in [1.54, 1.807) is 6.07 Å². The Hall–Kier alpha value is -2.91. The van der Waals surface area contributed by atoms with E-state index < -0.39 is 0 Å². The fourth-order valence-electron chi connectivity index (χ4n) is 4.36. The average Bonchev–Trinajstić information content (AvgIpc) is 2.89. The summed E-state index contributed by atoms with van der Waals surface area (Å²) in [6.07, 6.45) is 3.36. The Morgan fingerprint density at radius 2 is 1.51 bits per heavy atom. The number of piperazine rings is 1. The van der Waals surface area contributed by atoms with E-state index in [-0.39, 0.29) is 29.3 Å². The first kappa shape index (κ1) is 25.2. The molecule has 0 radical (unpaired) electrons. The average molecular weight is 499 g/mol. The predicted molar refractivity (Wildman–Crippen MR) is 135 cm³/mol. The second-order valence-corrected chi connectivity index (χ2v) is 9.87. The van der Waals surface area contributed by atoms with Crippen molar-refractivity contribution in [2.75, 3.05) is 56.9 Å². The topological polar surface area (TPSA) is 73.0 Å². The third kappa shape index (κ3) is 7.05. The van der Waals surface area contributed by atoms with Gasteiger partial charge in [0.25, 0.3) is 5.91 Å². The van der Waals surface area contributed by atoms with E-state index in [1.807, 2.05) is 28.0 Å². The Morgan fingerprint density at radius 1 is 0.829 bits per heavy atom. The number of carbonyl (C=O) groups is 3. The third-order valence-electron chi connectivity index (χ3n) is 6.33. The number of carbonyl (C=O) groups excluding carboxylic acids is 3. The molecule has 0 aliphatic carbocycles. The van der Waals surface area contributed by atoms with E-state index in [0.29, 0.717) is 44.0 Å². The minimum absolute atomic E-state index is 0.0611. The Labute approximate surface area is 209 Å². The van der Waals surface area contributed by atoms with Gasteiger partial charge in [-0.1, -0.05) is 12.1 Å². The largest absolute Gasteiger partial charge is 0.342 e. The molecule has 0 unspecified atom stereocenters. The lowest BCUT2D eigenvalue weighted by molar-refractivity contribution is -0.133. The van der Waals surface area contributed by atoms with Crippen LogP contribution in [0.25, 0.3) is 0 Å². The van der Waals surface area contributed by atoms with Gasteiger partial charge in [-0.3, -0.25) is 19.3 Å². The van der Waals surface area contributed by atoms with Gasteiger partial charge in [-0.15, -0.1) is 11.8 Å². The van der Waals surface area contributed by atoms with E-state index in [1.165, 1.54) is 42.4 Å². The van der Waals surface area contributed by atoms with Gasteiger partial charge < -0.3 is 15.1 Å². The molecule has 2 aliphatic rings. The highest BCUT2D eigenvalue weighted by molar-refractivity contribution is 8.00. The van der Waals surface area contributed by atoms with Crippen LogP contribution >= 0.6 is 11.8 Å². The number of rotatable bonds is 7. The first-order valence-corrected chi connectivity index (χ1v) is 13.0. The molecule has 0 bridgehead atoms. The fourth-order valence-corrected chi connectivity index (χ4v) is 5.20. The van der Waals surface area contributed by atoms with Crippen molar-refractivity contribution in [3.05, 3.63) is 59.9 Å². The number of anilines is 1. The smallest absolute Gasteiger partial charge is 0.255 e. The monoisotopic (exact) mass is 498 g/mol. The number of amides is 3. The Balaban J connectivity index is 1.28. The van der Waals surface area contributed by atoms with E-state index in [2.05, 4.69) is 10.2 Å². The van der Waals surface area contributed by atoms with Crippen LogP contribution in [0.3, 0.4) is 0 Å². The van der Waals surface area contributed by atoms with Crippen LogP contribution in [0.1, 0.15) is 29.6 Å². The molecule has 2 aliphatic heterocycles. The van der Waals surface area contributed by atoms with Crippen LogP contribution in [0, 0.1) is 5.82 Å². The summed E-state index contributed by atoms with van der Waals surface area (Å²) in [6.45, 7) is 4.59. The van der Waals surface area contributed by atoms with Crippen LogP contribution in [0.5, 0.6) is 0 Å². The molecule has 4 rings (SSSR count). The van der Waals surface area contributed by atoms with Crippen molar-refractivity contribution in [1.29, 1.82) is 0 Å². The standard InChI is InChI=1S/C26H31FN4O3S/c27-20-8-10-21(11-9-20)28-24(32)19-35-23-7-3-2-6-22(23)26(34)31-16-14-29(15-17-31)18-25(33)30-12-4-1-5-13-30/h2-3,6-11H,1,4-5,12-19H2,(H,28,32). The highest BCUT2D eigenvalue weighted by Crippen LogP contribution is 2.25. The number of likely N-dealkylation sites (tertiary alicyclic amines) is 1. The maximum atomic E-state index is 13.2. The summed E-state index contributed by atoms with van der Waals surface area (Å²) in [5.41, 5.74) is 1.10. The molecule has 2 aromatic rings. The fraction of sp³-hybridized carbons (Fsp3) is 0.423. The van der Waals surface area contributed by atoms with Crippen molar-refractivity contribution in [3.63, 3.8) is 0 Å². The maximum Gasteiger partial charge on any atom is 0.255 e. The van der Waals surface area contributed by atoms with Crippen LogP contribution in [-0.2, 0) is 9.59 Å². The number of nitrogens with zero attached hydrogens (tertiary/aromatic N) is 3. The summed E-state index contributed by atoms with van der Waals surface area (Å²) in [6, 6.07) is 12.9. The molecule has 9 heteroatoms. The Morgan fingerprint density at radius 3 is 2.23 bits per heavy atom. The van der Waals surface area contributed by atoms with Crippen molar-refractivity contribution in [1.82, 2.24) is 14.7 Å². The summed E-state index contributed by atoms with van der Waals surface area (Å²) < 4.78 is 13.0. The summed E-state index contributed by atoms with van der Waals surface area (Å²) in [5, 5.41) is 2.74. The first-order chi connectivity index (χ1) is 17.0. The lowest BCUT2D eigenvalue weighted by atomic mass is 10.1. The molecular formula is C26H31FN4O3S. The number of halogens is 1. The number of piperidine rings is 1. The van der Waals surface area contributed by atoms with Gasteiger partial charge in [0.15, 0.2) is 0 Å². The van der Waals surface area contributed by atoms with Crippen molar-refractivity contribution in [3.8, 4) is 0 Å². The van der Waals surface area contributed by atoms with Gasteiger partial charge in [-0.2, -0.15) is 0 Å². The van der Waals surface area contributed by atoms with Crippen LogP contribution in [0.4, 0.5) is 10.1 Å². The summed E-state index contributed by atoms with van der Waals surface area (Å²) in [5.74, 6) is -0.331. The number of thioether (sulfide) groups is 1. The number of hydrogen-bond acceptors (Lipinski definition) is 5. The van der Waals surface area contributed by atoms with Gasteiger partial charge in [0.2, 0.25) is 11.8 Å². The van der Waals surface area contributed by atoms with E-state index >= 15 is 0 Å². The predicted octanol–water partition coefficient (Wildman–Crippen LogP) is 3.33. The highest BCUT2D eigenvalue weighted by atomic mass is 32.2. The summed E-state index contributed by atoms with van der Waals surface area (Å²) >= 11 is 1.30. The zero-order chi connectivity index (χ0) is 24.6. The molecule has 0 atom stereocenters. The molecule has 2 aromatic carbocycles. The Bertz CT molecular complexity index is 1040. The van der Waals surface area contributed by atoms with Crippen LogP contribution < -0.4 is 5.32 Å². The molecule has 0 saturated carbocycles. The second-order valence-electron chi connectivity index (χ2n) is 8.85. The molecule has 3 amide bonds. The van der Waals surface area contributed by atoms with E-state index in [9.17, 15) is 18.8 Å². The number of nitrogens with one attached hydrogen (secondary N) is 1. The van der Waals surface area contributed by atoms with Gasteiger partial charge in [-0.05, 0) is 55.7 Å². The summed E-state index contributed by atoms with van der Waals surface area (Å²) in [4.78, 5) is 44.8. The van der Waals surface area contributed by atoms with E-state index in [0.717, 1.165) is 30.8 Å². The first-order valence-electron chi connectivity index (χ1n) is 12.1. The lowest BCUT2D eigenvalue weighted by Crippen LogP contribution is -2.52. The van der Waals surface area contributed by atoms with Gasteiger partial charge >= 0.3 is 0 Å². The molecule has 0 spiro atoms. The molecule has 186 valence electrons. The van der Waals surface area contributed by atoms with Gasteiger partial charge in [0, 0.05) is 49.9 Å². The molecule has 7 nitrogen and oxygen atoms in total. The van der Waals surface area contributed by atoms with Crippen LogP contribution in [0.2, 0.25) is 0 Å². The number of hydrogen-bond donors (Lipinski definition) is 1. The molecule has 2 heterocycles. The zero-order valence-electron chi connectivity index (χ0n) is 19.7. The minimum atomic E-state index is -0.362. The van der Waals surface area contributed by atoms with Crippen molar-refractivity contribution in [2.45, 2.75) is 24.2 Å². The number of benzene rings is 2. The summed E-state index contributed by atoms with van der Waals surface area (Å²) in [7, 11) is 0. The SMILES string of the molecule is O=C(CSc1ccccc1C(=O)N1CCN(CC(=O)N2CCCCC2)CC1)Nc1ccc(F)cc1. The molecule has 2 saturated heterocycles. The van der Waals surface area contributed by atoms with Crippen LogP contribution in [-0.4, -0.2) is 84.0 Å². The van der Waals surface area contributed by atoms with Crippen molar-refractivity contribution in [2.24, 2.45) is 0 Å². The van der Waals surface area contributed by atoms with Crippen molar-refractivity contribution >= 4 is 35.2 Å². The molecule has 1 N–H and O–H groups in total. The van der Waals surface area contributed by atoms with Gasteiger partial charge in [0.05, 0.1) is 17.9 Å². The third-order valence-corrected chi connectivity index (χ3v) is 7.40. The highest BCUT2D eigenvalue weighted by Gasteiger charge is 2.26. The van der Waals surface area contributed by atoms with Gasteiger partial charge in [0.1, 0.15) is 5.82 Å². The molecule has 2 fully saturated rings. The normalized spacial score (nSPS) is 16.7. The second kappa shape index (κ2) is 12.2. The molecule has 0 aromatic heterocycles. The van der Waals surface area contributed by atoms with Crippen molar-refractivity contribution < 1.29 is 18.8 Å². The van der Waals surface area contributed by atoms with Crippen LogP contribution in [0.15, 0.2) is 53.4 Å². The maximum absolute atomic E-state index is 13.2.